The largest absolute Gasteiger partial charge is 0.487 e. The van der Waals surface area contributed by atoms with Gasteiger partial charge in [0.15, 0.2) is 0 Å². The van der Waals surface area contributed by atoms with E-state index in [1.807, 2.05) is 29.3 Å². The molecule has 1 fully saturated rings. The van der Waals surface area contributed by atoms with E-state index in [1.54, 1.807) is 0 Å². The number of benzene rings is 2. The molecule has 174 valence electrons. The number of thioether (sulfide) groups is 1. The highest BCUT2D eigenvalue weighted by Gasteiger charge is 2.41. The Morgan fingerprint density at radius 1 is 1.03 bits per heavy atom. The van der Waals surface area contributed by atoms with Crippen LogP contribution in [-0.2, 0) is 17.9 Å². The third-order valence-corrected chi connectivity index (χ3v) is 9.28. The molecule has 3 heterocycles. The number of hydrogen-bond donors (Lipinski definition) is 0. The van der Waals surface area contributed by atoms with Crippen LogP contribution in [0.5, 0.6) is 5.75 Å². The first-order valence-electron chi connectivity index (χ1n) is 12.0. The summed E-state index contributed by atoms with van der Waals surface area (Å²) in [5.41, 5.74) is 4.27. The molecule has 0 N–H and O–H groups in total. The second-order valence-corrected chi connectivity index (χ2v) is 12.5. The summed E-state index contributed by atoms with van der Waals surface area (Å²) in [7, 11) is 0. The Balaban J connectivity index is 1.21. The Morgan fingerprint density at radius 3 is 2.58 bits per heavy atom. The molecule has 1 aromatic heterocycles. The number of likely N-dealkylation sites (tertiary alicyclic amines) is 1. The van der Waals surface area contributed by atoms with Crippen LogP contribution in [0.15, 0.2) is 54.7 Å². The number of aromatic nitrogens is 1. The molecule has 5 heteroatoms. The van der Waals surface area contributed by atoms with Crippen LogP contribution in [0.1, 0.15) is 56.2 Å². The highest BCUT2D eigenvalue weighted by atomic mass is 32.2. The lowest BCUT2D eigenvalue weighted by atomic mass is 9.81. The van der Waals surface area contributed by atoms with Crippen molar-refractivity contribution in [3.8, 4) is 16.2 Å². The summed E-state index contributed by atoms with van der Waals surface area (Å²) >= 11 is 3.75. The maximum atomic E-state index is 6.67. The van der Waals surface area contributed by atoms with Crippen molar-refractivity contribution < 1.29 is 4.74 Å². The fourth-order valence-electron chi connectivity index (χ4n) is 4.95. The fraction of sp³-hybridized carbons (Fsp3) is 0.464. The number of nitrogens with zero attached hydrogens (tertiary/aromatic N) is 2. The molecular formula is C28H34N2OS2. The standard InChI is InChI=1S/C28H34N2OS2/c1-27(2,3)30-15-13-28(14-16-30)12-11-22-17-23(9-10-24(22)31-28)25-18-29-26(33-25)20-32-19-21-7-5-4-6-8-21/h4-10,17-18H,11-16,19-20H2,1-3H3. The van der Waals surface area contributed by atoms with Gasteiger partial charge in [-0.15, -0.1) is 23.1 Å². The van der Waals surface area contributed by atoms with E-state index >= 15 is 0 Å². The van der Waals surface area contributed by atoms with Crippen molar-refractivity contribution in [1.82, 2.24) is 9.88 Å². The molecule has 0 aliphatic carbocycles. The molecule has 2 aliphatic rings. The van der Waals surface area contributed by atoms with Crippen molar-refractivity contribution in [2.24, 2.45) is 0 Å². The number of piperidine rings is 1. The average molecular weight is 479 g/mol. The SMILES string of the molecule is CC(C)(C)N1CCC2(CCc3cc(-c4cnc(CSCc5ccccc5)s4)ccc3O2)CC1. The minimum atomic E-state index is 0.0316. The molecule has 3 nitrogen and oxygen atoms in total. The van der Waals surface area contributed by atoms with Gasteiger partial charge in [0.1, 0.15) is 16.4 Å². The average Bonchev–Trinajstić information content (AvgIpc) is 3.28. The minimum Gasteiger partial charge on any atom is -0.487 e. The first kappa shape index (κ1) is 22.9. The van der Waals surface area contributed by atoms with E-state index in [0.29, 0.717) is 0 Å². The van der Waals surface area contributed by atoms with Gasteiger partial charge in [-0.05, 0) is 81.3 Å². The molecule has 1 saturated heterocycles. The number of aryl methyl sites for hydroxylation is 1. The molecule has 2 aromatic carbocycles. The summed E-state index contributed by atoms with van der Waals surface area (Å²) in [6.07, 6.45) is 6.54. The van der Waals surface area contributed by atoms with E-state index in [9.17, 15) is 0 Å². The van der Waals surface area contributed by atoms with Crippen LogP contribution in [0, 0.1) is 0 Å². The predicted octanol–water partition coefficient (Wildman–Crippen LogP) is 7.20. The maximum Gasteiger partial charge on any atom is 0.123 e. The van der Waals surface area contributed by atoms with Crippen LogP contribution in [0.25, 0.3) is 10.4 Å². The van der Waals surface area contributed by atoms with E-state index < -0.39 is 0 Å². The van der Waals surface area contributed by atoms with Gasteiger partial charge in [0.05, 0.1) is 4.88 Å². The van der Waals surface area contributed by atoms with Gasteiger partial charge in [-0.3, -0.25) is 4.90 Å². The third-order valence-electron chi connectivity index (χ3n) is 7.04. The van der Waals surface area contributed by atoms with Crippen molar-refractivity contribution in [2.45, 2.75) is 69.1 Å². The van der Waals surface area contributed by atoms with E-state index in [4.69, 9.17) is 9.72 Å². The van der Waals surface area contributed by atoms with Gasteiger partial charge in [-0.2, -0.15) is 0 Å². The Bertz CT molecular complexity index is 1080. The second-order valence-electron chi connectivity index (χ2n) is 10.4. The number of ether oxygens (including phenoxy) is 1. The van der Waals surface area contributed by atoms with Crippen LogP contribution < -0.4 is 4.74 Å². The van der Waals surface area contributed by atoms with E-state index in [0.717, 1.165) is 56.0 Å². The van der Waals surface area contributed by atoms with Crippen LogP contribution in [0.4, 0.5) is 0 Å². The van der Waals surface area contributed by atoms with Gasteiger partial charge in [0.25, 0.3) is 0 Å². The molecule has 2 aliphatic heterocycles. The number of rotatable bonds is 5. The topological polar surface area (TPSA) is 25.4 Å². The normalized spacial score (nSPS) is 18.2. The highest BCUT2D eigenvalue weighted by Crippen LogP contribution is 2.42. The van der Waals surface area contributed by atoms with Crippen LogP contribution in [-0.4, -0.2) is 34.1 Å². The minimum absolute atomic E-state index is 0.0316. The summed E-state index contributed by atoms with van der Waals surface area (Å²) < 4.78 is 6.67. The zero-order chi connectivity index (χ0) is 22.9. The molecule has 0 bridgehead atoms. The van der Waals surface area contributed by atoms with Crippen molar-refractivity contribution in [1.29, 1.82) is 0 Å². The van der Waals surface area contributed by atoms with Gasteiger partial charge < -0.3 is 4.74 Å². The smallest absolute Gasteiger partial charge is 0.123 e. The number of hydrogen-bond acceptors (Lipinski definition) is 5. The first-order chi connectivity index (χ1) is 15.9. The highest BCUT2D eigenvalue weighted by molar-refractivity contribution is 7.97. The Labute approximate surface area is 206 Å². The van der Waals surface area contributed by atoms with Gasteiger partial charge in [-0.25, -0.2) is 4.98 Å². The van der Waals surface area contributed by atoms with Gasteiger partial charge in [0.2, 0.25) is 0 Å². The number of thiazole rings is 1. The molecule has 1 spiro atoms. The predicted molar refractivity (Wildman–Crippen MR) is 141 cm³/mol. The van der Waals surface area contributed by atoms with Crippen molar-refractivity contribution in [3.63, 3.8) is 0 Å². The first-order valence-corrected chi connectivity index (χ1v) is 14.0. The van der Waals surface area contributed by atoms with Crippen molar-refractivity contribution in [2.75, 3.05) is 13.1 Å². The van der Waals surface area contributed by atoms with Gasteiger partial charge in [0, 0.05) is 36.3 Å². The van der Waals surface area contributed by atoms with Crippen LogP contribution >= 0.6 is 23.1 Å². The van der Waals surface area contributed by atoms with E-state index in [1.165, 1.54) is 26.6 Å². The lowest BCUT2D eigenvalue weighted by Crippen LogP contribution is -2.54. The maximum absolute atomic E-state index is 6.67. The molecule has 0 atom stereocenters. The monoisotopic (exact) mass is 478 g/mol. The Hall–Kier alpha value is -1.82. The fourth-order valence-corrected chi connectivity index (χ4v) is 6.93. The molecule has 0 radical (unpaired) electrons. The quantitative estimate of drug-likeness (QED) is 0.387. The summed E-state index contributed by atoms with van der Waals surface area (Å²) in [6.45, 7) is 9.20. The molecule has 0 unspecified atom stereocenters. The lowest BCUT2D eigenvalue weighted by Gasteiger charge is -2.48. The zero-order valence-corrected chi connectivity index (χ0v) is 21.6. The molecule has 3 aromatic rings. The van der Waals surface area contributed by atoms with Crippen LogP contribution in [0.2, 0.25) is 0 Å². The summed E-state index contributed by atoms with van der Waals surface area (Å²) in [6, 6.07) is 17.4. The van der Waals surface area contributed by atoms with Crippen LogP contribution in [0.3, 0.4) is 0 Å². The van der Waals surface area contributed by atoms with Gasteiger partial charge in [-0.1, -0.05) is 30.3 Å². The number of fused-ring (bicyclic) bond motifs is 1. The molecule has 0 amide bonds. The zero-order valence-electron chi connectivity index (χ0n) is 20.0. The van der Waals surface area contributed by atoms with E-state index in [-0.39, 0.29) is 11.1 Å². The Kier molecular flexibility index (Phi) is 6.56. The molecule has 33 heavy (non-hydrogen) atoms. The second kappa shape index (κ2) is 9.44. The van der Waals surface area contributed by atoms with Gasteiger partial charge >= 0.3 is 0 Å². The summed E-state index contributed by atoms with van der Waals surface area (Å²) in [4.78, 5) is 8.55. The summed E-state index contributed by atoms with van der Waals surface area (Å²) in [5, 5.41) is 1.20. The Morgan fingerprint density at radius 2 is 1.82 bits per heavy atom. The molecule has 0 saturated carbocycles. The van der Waals surface area contributed by atoms with Crippen molar-refractivity contribution >= 4 is 23.1 Å². The third kappa shape index (κ3) is 5.31. The van der Waals surface area contributed by atoms with Crippen molar-refractivity contribution in [3.05, 3.63) is 70.9 Å². The lowest BCUT2D eigenvalue weighted by molar-refractivity contribution is -0.0355. The molecule has 5 rings (SSSR count). The van der Waals surface area contributed by atoms with E-state index in [2.05, 4.69) is 74.2 Å². The summed E-state index contributed by atoms with van der Waals surface area (Å²) in [5.74, 6) is 3.08. The molecular weight excluding hydrogens is 444 g/mol.